The van der Waals surface area contributed by atoms with Crippen LogP contribution in [0.5, 0.6) is 0 Å². The summed E-state index contributed by atoms with van der Waals surface area (Å²) in [6, 6.07) is 7.91. The van der Waals surface area contributed by atoms with Crippen LogP contribution in [0.3, 0.4) is 0 Å². The summed E-state index contributed by atoms with van der Waals surface area (Å²) in [5, 5.41) is 5.50. The van der Waals surface area contributed by atoms with Crippen LogP contribution in [0.4, 0.5) is 0 Å². The zero-order valence-electron chi connectivity index (χ0n) is 12.5. The van der Waals surface area contributed by atoms with Crippen molar-refractivity contribution < 1.29 is 9.59 Å². The standard InChI is InChI=1S/C16H24N2O2/c1-4-13(5-2)16(20)18-11-15(19)17-10-14-9-7-6-8-12(14)3/h6-9,13H,4-5,10-11H2,1-3H3,(H,17,19)(H,18,20). The van der Waals surface area contributed by atoms with Crippen molar-refractivity contribution in [2.75, 3.05) is 6.54 Å². The van der Waals surface area contributed by atoms with E-state index in [1.807, 2.05) is 45.0 Å². The number of nitrogens with one attached hydrogen (secondary N) is 2. The van der Waals surface area contributed by atoms with E-state index < -0.39 is 0 Å². The lowest BCUT2D eigenvalue weighted by atomic mass is 10.0. The van der Waals surface area contributed by atoms with E-state index in [0.29, 0.717) is 6.54 Å². The number of aryl methyl sites for hydroxylation is 1. The van der Waals surface area contributed by atoms with Gasteiger partial charge in [-0.25, -0.2) is 0 Å². The van der Waals surface area contributed by atoms with E-state index in [9.17, 15) is 9.59 Å². The zero-order chi connectivity index (χ0) is 15.0. The van der Waals surface area contributed by atoms with Crippen LogP contribution in [0, 0.1) is 12.8 Å². The lowest BCUT2D eigenvalue weighted by Gasteiger charge is -2.13. The van der Waals surface area contributed by atoms with Gasteiger partial charge in [-0.2, -0.15) is 0 Å². The summed E-state index contributed by atoms with van der Waals surface area (Å²) in [5.41, 5.74) is 2.24. The van der Waals surface area contributed by atoms with Gasteiger partial charge in [0.05, 0.1) is 6.54 Å². The Labute approximate surface area is 121 Å². The summed E-state index contributed by atoms with van der Waals surface area (Å²) in [7, 11) is 0. The normalized spacial score (nSPS) is 10.4. The number of benzene rings is 1. The third-order valence-corrected chi connectivity index (χ3v) is 3.52. The number of carbonyl (C=O) groups is 2. The van der Waals surface area contributed by atoms with Gasteiger partial charge in [0.25, 0.3) is 0 Å². The molecule has 0 bridgehead atoms. The Hall–Kier alpha value is -1.84. The minimum Gasteiger partial charge on any atom is -0.350 e. The maximum Gasteiger partial charge on any atom is 0.239 e. The summed E-state index contributed by atoms with van der Waals surface area (Å²) in [5.74, 6) is -0.201. The van der Waals surface area contributed by atoms with Crippen molar-refractivity contribution in [2.45, 2.75) is 40.2 Å². The number of rotatable bonds is 7. The summed E-state index contributed by atoms with van der Waals surface area (Å²) in [6.07, 6.45) is 1.60. The molecular formula is C16H24N2O2. The number of amides is 2. The lowest BCUT2D eigenvalue weighted by molar-refractivity contribution is -0.128. The molecule has 2 amide bonds. The molecule has 0 spiro atoms. The Morgan fingerprint density at radius 1 is 1.10 bits per heavy atom. The minimum absolute atomic E-state index is 0.000771. The van der Waals surface area contributed by atoms with E-state index in [4.69, 9.17) is 0 Å². The van der Waals surface area contributed by atoms with Crippen LogP contribution in [-0.4, -0.2) is 18.4 Å². The van der Waals surface area contributed by atoms with Gasteiger partial charge in [-0.1, -0.05) is 38.1 Å². The fraction of sp³-hybridized carbons (Fsp3) is 0.500. The van der Waals surface area contributed by atoms with Gasteiger partial charge in [0.1, 0.15) is 0 Å². The number of carbonyl (C=O) groups excluding carboxylic acids is 2. The third kappa shape index (κ3) is 5.03. The average Bonchev–Trinajstić information content (AvgIpc) is 2.45. The van der Waals surface area contributed by atoms with Gasteiger partial charge in [0, 0.05) is 12.5 Å². The molecule has 1 rings (SSSR count). The maximum atomic E-state index is 11.7. The SMILES string of the molecule is CCC(CC)C(=O)NCC(=O)NCc1ccccc1C. The molecule has 0 aliphatic carbocycles. The van der Waals surface area contributed by atoms with Crippen LogP contribution in [-0.2, 0) is 16.1 Å². The molecule has 1 aromatic rings. The lowest BCUT2D eigenvalue weighted by Crippen LogP contribution is -2.39. The van der Waals surface area contributed by atoms with E-state index >= 15 is 0 Å². The third-order valence-electron chi connectivity index (χ3n) is 3.52. The first-order valence-electron chi connectivity index (χ1n) is 7.17. The topological polar surface area (TPSA) is 58.2 Å². The first kappa shape index (κ1) is 16.2. The molecule has 0 atom stereocenters. The Kier molecular flexibility index (Phi) is 6.77. The van der Waals surface area contributed by atoms with Crippen molar-refractivity contribution in [3.63, 3.8) is 0 Å². The second-order valence-corrected chi connectivity index (χ2v) is 4.93. The van der Waals surface area contributed by atoms with E-state index in [0.717, 1.165) is 24.0 Å². The number of hydrogen-bond donors (Lipinski definition) is 2. The fourth-order valence-corrected chi connectivity index (χ4v) is 2.04. The molecule has 0 fully saturated rings. The van der Waals surface area contributed by atoms with Crippen molar-refractivity contribution in [3.8, 4) is 0 Å². The summed E-state index contributed by atoms with van der Waals surface area (Å²) < 4.78 is 0. The molecule has 4 heteroatoms. The molecule has 110 valence electrons. The monoisotopic (exact) mass is 276 g/mol. The van der Waals surface area contributed by atoms with Gasteiger partial charge >= 0.3 is 0 Å². The molecule has 1 aromatic carbocycles. The van der Waals surface area contributed by atoms with Crippen molar-refractivity contribution >= 4 is 11.8 Å². The Morgan fingerprint density at radius 3 is 2.35 bits per heavy atom. The summed E-state index contributed by atoms with van der Waals surface area (Å²) in [6.45, 7) is 6.50. The largest absolute Gasteiger partial charge is 0.350 e. The molecule has 0 saturated heterocycles. The van der Waals surface area contributed by atoms with Gasteiger partial charge in [-0.3, -0.25) is 9.59 Å². The Morgan fingerprint density at radius 2 is 1.75 bits per heavy atom. The van der Waals surface area contributed by atoms with Crippen LogP contribution in [0.2, 0.25) is 0 Å². The molecular weight excluding hydrogens is 252 g/mol. The Bertz CT molecular complexity index is 454. The highest BCUT2D eigenvalue weighted by molar-refractivity contribution is 5.85. The minimum atomic E-state index is -0.160. The van der Waals surface area contributed by atoms with Gasteiger partial charge in [0.15, 0.2) is 0 Å². The molecule has 0 aliphatic rings. The molecule has 0 radical (unpaired) electrons. The van der Waals surface area contributed by atoms with Crippen LogP contribution >= 0.6 is 0 Å². The molecule has 2 N–H and O–H groups in total. The second kappa shape index (κ2) is 8.35. The highest BCUT2D eigenvalue weighted by Gasteiger charge is 2.14. The van der Waals surface area contributed by atoms with Crippen LogP contribution in [0.15, 0.2) is 24.3 Å². The molecule has 4 nitrogen and oxygen atoms in total. The first-order valence-corrected chi connectivity index (χ1v) is 7.17. The van der Waals surface area contributed by atoms with Crippen LogP contribution < -0.4 is 10.6 Å². The van der Waals surface area contributed by atoms with E-state index in [2.05, 4.69) is 10.6 Å². The predicted molar refractivity (Wildman–Crippen MR) is 80.1 cm³/mol. The smallest absolute Gasteiger partial charge is 0.239 e. The predicted octanol–water partition coefficient (Wildman–Crippen LogP) is 2.16. The zero-order valence-corrected chi connectivity index (χ0v) is 12.5. The fourth-order valence-electron chi connectivity index (χ4n) is 2.04. The average molecular weight is 276 g/mol. The van der Waals surface area contributed by atoms with Gasteiger partial charge in [-0.05, 0) is 30.9 Å². The summed E-state index contributed by atoms with van der Waals surface area (Å²) in [4.78, 5) is 23.5. The van der Waals surface area contributed by atoms with Crippen molar-refractivity contribution in [1.29, 1.82) is 0 Å². The van der Waals surface area contributed by atoms with Gasteiger partial charge < -0.3 is 10.6 Å². The molecule has 0 aliphatic heterocycles. The molecule has 0 aromatic heterocycles. The van der Waals surface area contributed by atoms with Gasteiger partial charge in [-0.15, -0.1) is 0 Å². The van der Waals surface area contributed by atoms with Crippen molar-refractivity contribution in [2.24, 2.45) is 5.92 Å². The van der Waals surface area contributed by atoms with E-state index in [-0.39, 0.29) is 24.3 Å². The van der Waals surface area contributed by atoms with Crippen LogP contribution in [0.25, 0.3) is 0 Å². The van der Waals surface area contributed by atoms with E-state index in [1.165, 1.54) is 0 Å². The maximum absolute atomic E-state index is 11.7. The molecule has 0 unspecified atom stereocenters. The van der Waals surface area contributed by atoms with Crippen LogP contribution in [0.1, 0.15) is 37.8 Å². The highest BCUT2D eigenvalue weighted by Crippen LogP contribution is 2.07. The highest BCUT2D eigenvalue weighted by atomic mass is 16.2. The van der Waals surface area contributed by atoms with Crippen molar-refractivity contribution in [1.82, 2.24) is 10.6 Å². The Balaban J connectivity index is 2.34. The summed E-state index contributed by atoms with van der Waals surface area (Å²) >= 11 is 0. The van der Waals surface area contributed by atoms with E-state index in [1.54, 1.807) is 0 Å². The quantitative estimate of drug-likeness (QED) is 0.802. The molecule has 0 heterocycles. The van der Waals surface area contributed by atoms with Gasteiger partial charge in [0.2, 0.25) is 11.8 Å². The second-order valence-electron chi connectivity index (χ2n) is 4.93. The molecule has 0 saturated carbocycles. The molecule has 20 heavy (non-hydrogen) atoms. The first-order chi connectivity index (χ1) is 9.58. The van der Waals surface area contributed by atoms with Crippen molar-refractivity contribution in [3.05, 3.63) is 35.4 Å². The number of hydrogen-bond acceptors (Lipinski definition) is 2.